The predicted molar refractivity (Wildman–Crippen MR) is 106 cm³/mol. The summed E-state index contributed by atoms with van der Waals surface area (Å²) < 4.78 is 11.2. The lowest BCUT2D eigenvalue weighted by atomic mass is 9.98. The zero-order valence-corrected chi connectivity index (χ0v) is 16.3. The largest absolute Gasteiger partial charge is 0.493 e. The third-order valence-corrected chi connectivity index (χ3v) is 5.19. The summed E-state index contributed by atoms with van der Waals surface area (Å²) in [6, 6.07) is 11.7. The van der Waals surface area contributed by atoms with Gasteiger partial charge in [0.25, 0.3) is 11.6 Å². The van der Waals surface area contributed by atoms with Gasteiger partial charge in [-0.25, -0.2) is 4.98 Å². The number of carbonyl (C=O) groups excluding carboxylic acids is 1. The van der Waals surface area contributed by atoms with E-state index in [1.807, 2.05) is 55.1 Å². The summed E-state index contributed by atoms with van der Waals surface area (Å²) >= 11 is 0. The highest BCUT2D eigenvalue weighted by atomic mass is 16.5. The van der Waals surface area contributed by atoms with E-state index in [1.165, 1.54) is 0 Å². The number of nitrogens with zero attached hydrogens (tertiary/aromatic N) is 3. The normalized spacial score (nSPS) is 17.2. The van der Waals surface area contributed by atoms with Crippen LogP contribution in [0, 0.1) is 5.92 Å². The molecule has 1 saturated heterocycles. The summed E-state index contributed by atoms with van der Waals surface area (Å²) in [7, 11) is 0. The molecule has 0 aliphatic carbocycles. The third-order valence-electron chi connectivity index (χ3n) is 5.19. The Hall–Kier alpha value is -2.89. The first kappa shape index (κ1) is 18.5. The fourth-order valence-corrected chi connectivity index (χ4v) is 3.68. The molecule has 0 N–H and O–H groups in total. The molecule has 146 valence electrons. The Bertz CT molecular complexity index is 952. The Morgan fingerprint density at radius 2 is 2.14 bits per heavy atom. The van der Waals surface area contributed by atoms with Gasteiger partial charge in [-0.05, 0) is 37.0 Å². The number of benzene rings is 1. The Balaban J connectivity index is 1.45. The second-order valence-electron chi connectivity index (χ2n) is 7.68. The van der Waals surface area contributed by atoms with E-state index in [2.05, 4.69) is 10.1 Å². The maximum atomic E-state index is 13.1. The second kappa shape index (κ2) is 8.00. The smallest absolute Gasteiger partial charge is 0.257 e. The number of amides is 1. The summed E-state index contributed by atoms with van der Waals surface area (Å²) in [6.45, 7) is 6.18. The highest BCUT2D eigenvalue weighted by molar-refractivity contribution is 5.97. The van der Waals surface area contributed by atoms with Crippen molar-refractivity contribution in [2.24, 2.45) is 5.92 Å². The van der Waals surface area contributed by atoms with E-state index in [0.29, 0.717) is 30.3 Å². The molecule has 3 aromatic rings. The van der Waals surface area contributed by atoms with Crippen molar-refractivity contribution in [2.45, 2.75) is 32.6 Å². The Labute approximate surface area is 164 Å². The summed E-state index contributed by atoms with van der Waals surface area (Å²) in [5.41, 5.74) is 1.90. The van der Waals surface area contributed by atoms with Crippen LogP contribution >= 0.6 is 0 Å². The fraction of sp³-hybridized carbons (Fsp3) is 0.409. The molecule has 3 heterocycles. The molecule has 1 atom stereocenters. The molecular formula is C22H25N3O3. The number of fused-ring (bicyclic) bond motifs is 1. The van der Waals surface area contributed by atoms with Crippen molar-refractivity contribution in [3.05, 3.63) is 53.9 Å². The van der Waals surface area contributed by atoms with Crippen LogP contribution in [0.3, 0.4) is 0 Å². The van der Waals surface area contributed by atoms with Crippen molar-refractivity contribution >= 4 is 17.0 Å². The Kier molecular flexibility index (Phi) is 5.28. The van der Waals surface area contributed by atoms with E-state index in [9.17, 15) is 4.79 Å². The summed E-state index contributed by atoms with van der Waals surface area (Å²) in [6.07, 6.45) is 3.63. The van der Waals surface area contributed by atoms with Crippen LogP contribution < -0.4 is 4.74 Å². The summed E-state index contributed by atoms with van der Waals surface area (Å²) in [5, 5.41) is 4.92. The number of hydrogen-bond donors (Lipinski definition) is 0. The second-order valence-corrected chi connectivity index (χ2v) is 7.68. The first-order chi connectivity index (χ1) is 13.6. The first-order valence-corrected chi connectivity index (χ1v) is 9.84. The molecule has 1 aliphatic heterocycles. The van der Waals surface area contributed by atoms with E-state index in [4.69, 9.17) is 9.26 Å². The van der Waals surface area contributed by atoms with Crippen LogP contribution in [0.4, 0.5) is 0 Å². The number of piperidine rings is 1. The van der Waals surface area contributed by atoms with E-state index in [-0.39, 0.29) is 11.8 Å². The topological polar surface area (TPSA) is 68.5 Å². The standard InChI is InChI=1S/C22H25N3O3/c1-15(2)20-19-11-17(12-23-21(19)28-24-20)22(26)25-10-6-7-16(13-25)14-27-18-8-4-3-5-9-18/h3-5,8-9,11-12,15-16H,6-7,10,13-14H2,1-2H3. The minimum Gasteiger partial charge on any atom is -0.493 e. The van der Waals surface area contributed by atoms with Gasteiger partial charge in [0, 0.05) is 25.2 Å². The molecule has 1 aliphatic rings. The van der Waals surface area contributed by atoms with Gasteiger partial charge < -0.3 is 14.2 Å². The van der Waals surface area contributed by atoms with Crippen molar-refractivity contribution in [3.63, 3.8) is 0 Å². The lowest BCUT2D eigenvalue weighted by Crippen LogP contribution is -2.41. The molecule has 6 nitrogen and oxygen atoms in total. The van der Waals surface area contributed by atoms with Gasteiger partial charge in [-0.1, -0.05) is 37.2 Å². The van der Waals surface area contributed by atoms with Crippen LogP contribution in [0.15, 0.2) is 47.1 Å². The van der Waals surface area contributed by atoms with E-state index in [1.54, 1.807) is 6.20 Å². The number of aromatic nitrogens is 2. The number of rotatable bonds is 5. The van der Waals surface area contributed by atoms with Gasteiger partial charge in [-0.2, -0.15) is 0 Å². The average Bonchev–Trinajstić information content (AvgIpc) is 3.16. The molecule has 28 heavy (non-hydrogen) atoms. The van der Waals surface area contributed by atoms with Crippen molar-refractivity contribution in [1.82, 2.24) is 15.0 Å². The monoisotopic (exact) mass is 379 g/mol. The molecular weight excluding hydrogens is 354 g/mol. The molecule has 0 radical (unpaired) electrons. The number of ether oxygens (including phenoxy) is 1. The van der Waals surface area contributed by atoms with Crippen LogP contribution in [0.5, 0.6) is 5.75 Å². The lowest BCUT2D eigenvalue weighted by molar-refractivity contribution is 0.0633. The van der Waals surface area contributed by atoms with Gasteiger partial charge in [0.2, 0.25) is 0 Å². The minimum absolute atomic E-state index is 0.00900. The molecule has 1 aromatic carbocycles. The van der Waals surface area contributed by atoms with Gasteiger partial charge in [0.1, 0.15) is 5.75 Å². The highest BCUT2D eigenvalue weighted by Gasteiger charge is 2.26. The molecule has 4 rings (SSSR count). The van der Waals surface area contributed by atoms with Crippen LogP contribution in [-0.2, 0) is 0 Å². The molecule has 2 aromatic heterocycles. The van der Waals surface area contributed by atoms with Gasteiger partial charge in [0.15, 0.2) is 0 Å². The fourth-order valence-electron chi connectivity index (χ4n) is 3.68. The zero-order valence-electron chi connectivity index (χ0n) is 16.3. The van der Waals surface area contributed by atoms with Crippen LogP contribution in [0.1, 0.15) is 48.7 Å². The van der Waals surface area contributed by atoms with E-state index in [0.717, 1.165) is 36.2 Å². The SMILES string of the molecule is CC(C)c1noc2ncc(C(=O)N3CCCC(COc4ccccc4)C3)cc12. The molecule has 1 amide bonds. The van der Waals surface area contributed by atoms with E-state index < -0.39 is 0 Å². The van der Waals surface area contributed by atoms with Crippen LogP contribution in [0.2, 0.25) is 0 Å². The third kappa shape index (κ3) is 3.86. The van der Waals surface area contributed by atoms with Crippen LogP contribution in [-0.4, -0.2) is 40.6 Å². The number of hydrogen-bond acceptors (Lipinski definition) is 5. The van der Waals surface area contributed by atoms with Gasteiger partial charge in [-0.3, -0.25) is 4.79 Å². The molecule has 1 unspecified atom stereocenters. The van der Waals surface area contributed by atoms with Crippen molar-refractivity contribution < 1.29 is 14.1 Å². The van der Waals surface area contributed by atoms with E-state index >= 15 is 0 Å². The summed E-state index contributed by atoms with van der Waals surface area (Å²) in [4.78, 5) is 19.3. The minimum atomic E-state index is 0.00900. The maximum absolute atomic E-state index is 13.1. The van der Waals surface area contributed by atoms with Crippen LogP contribution in [0.25, 0.3) is 11.1 Å². The molecule has 0 bridgehead atoms. The molecule has 0 spiro atoms. The maximum Gasteiger partial charge on any atom is 0.257 e. The van der Waals surface area contributed by atoms with Gasteiger partial charge >= 0.3 is 0 Å². The quantitative estimate of drug-likeness (QED) is 0.662. The van der Waals surface area contributed by atoms with Gasteiger partial charge in [-0.15, -0.1) is 0 Å². The Morgan fingerprint density at radius 1 is 1.32 bits per heavy atom. The average molecular weight is 379 g/mol. The van der Waals surface area contributed by atoms with Crippen molar-refractivity contribution in [1.29, 1.82) is 0 Å². The molecule has 1 fully saturated rings. The predicted octanol–water partition coefficient (Wildman–Crippen LogP) is 4.28. The first-order valence-electron chi connectivity index (χ1n) is 9.84. The van der Waals surface area contributed by atoms with Gasteiger partial charge in [0.05, 0.1) is 23.3 Å². The number of carbonyl (C=O) groups is 1. The van der Waals surface area contributed by atoms with Crippen molar-refractivity contribution in [3.8, 4) is 5.75 Å². The van der Waals surface area contributed by atoms with Crippen molar-refractivity contribution in [2.75, 3.05) is 19.7 Å². The zero-order chi connectivity index (χ0) is 19.5. The number of para-hydroxylation sites is 1. The molecule has 6 heteroatoms. The number of pyridine rings is 1. The number of likely N-dealkylation sites (tertiary alicyclic amines) is 1. The highest BCUT2D eigenvalue weighted by Crippen LogP contribution is 2.26. The molecule has 0 saturated carbocycles. The summed E-state index contributed by atoms with van der Waals surface area (Å²) in [5.74, 6) is 1.42. The Morgan fingerprint density at radius 3 is 2.93 bits per heavy atom. The lowest BCUT2D eigenvalue weighted by Gasteiger charge is -2.32.